The Labute approximate surface area is 144 Å². The lowest BCUT2D eigenvalue weighted by molar-refractivity contribution is -0.158. The van der Waals surface area contributed by atoms with Gasteiger partial charge in [0.15, 0.2) is 6.61 Å². The molecular formula is C18H20N2O5. The first-order valence-electron chi connectivity index (χ1n) is 8.17. The topological polar surface area (TPSA) is 87.5 Å². The van der Waals surface area contributed by atoms with Gasteiger partial charge in [-0.05, 0) is 45.4 Å². The highest BCUT2D eigenvalue weighted by atomic mass is 16.6. The molecule has 1 aliphatic rings. The number of carbonyl (C=O) groups is 2. The maximum atomic E-state index is 12.4. The van der Waals surface area contributed by atoms with Gasteiger partial charge in [0.1, 0.15) is 11.4 Å². The predicted molar refractivity (Wildman–Crippen MR) is 90.5 cm³/mol. The third-order valence-electron chi connectivity index (χ3n) is 3.79. The molecule has 3 rings (SSSR count). The van der Waals surface area contributed by atoms with E-state index in [0.29, 0.717) is 17.4 Å². The van der Waals surface area contributed by atoms with Crippen LogP contribution in [0.15, 0.2) is 23.0 Å². The molecule has 0 unspecified atom stereocenters. The maximum absolute atomic E-state index is 12.4. The van der Waals surface area contributed by atoms with Crippen molar-refractivity contribution in [1.82, 2.24) is 9.55 Å². The van der Waals surface area contributed by atoms with Crippen molar-refractivity contribution in [2.45, 2.75) is 45.8 Å². The van der Waals surface area contributed by atoms with Crippen molar-refractivity contribution < 1.29 is 19.1 Å². The monoisotopic (exact) mass is 344 g/mol. The number of rotatable bonds is 3. The normalized spacial score (nSPS) is 13.6. The molecule has 7 nitrogen and oxygen atoms in total. The third kappa shape index (κ3) is 3.70. The summed E-state index contributed by atoms with van der Waals surface area (Å²) < 4.78 is 11.7. The Bertz CT molecular complexity index is 908. The summed E-state index contributed by atoms with van der Waals surface area (Å²) in [6.45, 7) is 5.42. The molecule has 0 aliphatic carbocycles. The fourth-order valence-electron chi connectivity index (χ4n) is 2.79. The molecule has 25 heavy (non-hydrogen) atoms. The van der Waals surface area contributed by atoms with Crippen LogP contribution in [0.1, 0.15) is 43.4 Å². The number of aromatic nitrogens is 2. The lowest BCUT2D eigenvalue weighted by atomic mass is 10.1. The maximum Gasteiger partial charge on any atom is 0.344 e. The van der Waals surface area contributed by atoms with Crippen LogP contribution in [0.25, 0.3) is 10.9 Å². The molecule has 7 heteroatoms. The average molecular weight is 344 g/mol. The van der Waals surface area contributed by atoms with Crippen LogP contribution in [0.4, 0.5) is 0 Å². The van der Waals surface area contributed by atoms with Crippen LogP contribution in [0.5, 0.6) is 0 Å². The number of ether oxygens (including phenoxy) is 2. The van der Waals surface area contributed by atoms with Crippen LogP contribution in [-0.2, 0) is 27.2 Å². The van der Waals surface area contributed by atoms with Gasteiger partial charge in [-0.15, -0.1) is 0 Å². The summed E-state index contributed by atoms with van der Waals surface area (Å²) in [7, 11) is 0. The van der Waals surface area contributed by atoms with E-state index in [1.165, 1.54) is 12.1 Å². The summed E-state index contributed by atoms with van der Waals surface area (Å²) in [5, 5.41) is 0.467. The van der Waals surface area contributed by atoms with Gasteiger partial charge in [-0.25, -0.2) is 14.6 Å². The molecule has 2 heterocycles. The molecule has 1 aromatic heterocycles. The fourth-order valence-corrected chi connectivity index (χ4v) is 2.79. The number of benzene rings is 1. The van der Waals surface area contributed by atoms with E-state index < -0.39 is 24.1 Å². The lowest BCUT2D eigenvalue weighted by Crippen LogP contribution is -2.27. The van der Waals surface area contributed by atoms with E-state index in [1.807, 2.05) is 0 Å². The van der Waals surface area contributed by atoms with Crippen LogP contribution in [-0.4, -0.2) is 33.7 Å². The highest BCUT2D eigenvalue weighted by Crippen LogP contribution is 2.17. The zero-order valence-electron chi connectivity index (χ0n) is 14.5. The van der Waals surface area contributed by atoms with E-state index >= 15 is 0 Å². The first-order valence-corrected chi connectivity index (χ1v) is 8.17. The first-order chi connectivity index (χ1) is 11.7. The number of nitrogens with zero attached hydrogens (tertiary/aromatic N) is 2. The van der Waals surface area contributed by atoms with E-state index in [1.54, 1.807) is 31.4 Å². The number of hydrogen-bond donors (Lipinski definition) is 0. The van der Waals surface area contributed by atoms with Gasteiger partial charge in [-0.2, -0.15) is 0 Å². The quantitative estimate of drug-likeness (QED) is 0.790. The summed E-state index contributed by atoms with van der Waals surface area (Å²) in [4.78, 5) is 40.6. The van der Waals surface area contributed by atoms with Crippen LogP contribution in [0.3, 0.4) is 0 Å². The Morgan fingerprint density at radius 1 is 1.28 bits per heavy atom. The van der Waals surface area contributed by atoms with Crippen molar-refractivity contribution in [2.75, 3.05) is 6.61 Å². The summed E-state index contributed by atoms with van der Waals surface area (Å²) >= 11 is 0. The zero-order chi connectivity index (χ0) is 18.2. The van der Waals surface area contributed by atoms with Gasteiger partial charge in [0.05, 0.1) is 16.5 Å². The average Bonchev–Trinajstić information content (AvgIpc) is 2.99. The molecule has 2 aromatic rings. The van der Waals surface area contributed by atoms with Gasteiger partial charge in [-0.1, -0.05) is 0 Å². The smallest absolute Gasteiger partial charge is 0.344 e. The summed E-state index contributed by atoms with van der Waals surface area (Å²) in [5.41, 5.74) is -0.0270. The van der Waals surface area contributed by atoms with Crippen LogP contribution >= 0.6 is 0 Å². The molecule has 0 amide bonds. The fraction of sp³-hybridized carbons (Fsp3) is 0.444. The number of carbonyl (C=O) groups excluding carboxylic acids is 2. The van der Waals surface area contributed by atoms with Gasteiger partial charge in [0.2, 0.25) is 0 Å². The minimum absolute atomic E-state index is 0.0915. The van der Waals surface area contributed by atoms with Gasteiger partial charge >= 0.3 is 11.9 Å². The molecule has 0 saturated carbocycles. The summed E-state index contributed by atoms with van der Waals surface area (Å²) in [6.07, 6.45) is 1.64. The second kappa shape index (κ2) is 6.31. The molecule has 0 N–H and O–H groups in total. The van der Waals surface area contributed by atoms with Gasteiger partial charge in [-0.3, -0.25) is 9.36 Å². The molecule has 0 spiro atoms. The summed E-state index contributed by atoms with van der Waals surface area (Å²) in [6, 6.07) is 4.60. The second-order valence-corrected chi connectivity index (χ2v) is 6.98. The molecule has 1 aromatic carbocycles. The SMILES string of the molecule is CC(C)(C)OC(=O)COC(=O)c1ccc2c(=O)n3c(nc2c1)CCC3. The highest BCUT2D eigenvalue weighted by Gasteiger charge is 2.20. The van der Waals surface area contributed by atoms with Crippen LogP contribution in [0.2, 0.25) is 0 Å². The number of aryl methyl sites for hydroxylation is 1. The molecule has 1 aliphatic heterocycles. The van der Waals surface area contributed by atoms with E-state index in [-0.39, 0.29) is 11.1 Å². The van der Waals surface area contributed by atoms with Crippen molar-refractivity contribution in [1.29, 1.82) is 0 Å². The summed E-state index contributed by atoms with van der Waals surface area (Å²) in [5.74, 6) is -0.539. The third-order valence-corrected chi connectivity index (χ3v) is 3.79. The molecule has 0 bridgehead atoms. The van der Waals surface area contributed by atoms with Crippen molar-refractivity contribution >= 4 is 22.8 Å². The second-order valence-electron chi connectivity index (χ2n) is 6.98. The largest absolute Gasteiger partial charge is 0.457 e. The van der Waals surface area contributed by atoms with Crippen molar-refractivity contribution in [3.63, 3.8) is 0 Å². The predicted octanol–water partition coefficient (Wildman–Crippen LogP) is 1.84. The Balaban J connectivity index is 1.78. The molecule has 0 atom stereocenters. The van der Waals surface area contributed by atoms with Crippen LogP contribution < -0.4 is 5.56 Å². The van der Waals surface area contributed by atoms with Crippen molar-refractivity contribution in [3.05, 3.63) is 39.9 Å². The van der Waals surface area contributed by atoms with E-state index in [2.05, 4.69) is 4.98 Å². The van der Waals surface area contributed by atoms with Gasteiger partial charge < -0.3 is 9.47 Å². The Kier molecular flexibility index (Phi) is 4.32. The molecule has 0 fully saturated rings. The van der Waals surface area contributed by atoms with E-state index in [0.717, 1.165) is 18.7 Å². The standard InChI is InChI=1S/C18H20N2O5/c1-18(2,3)25-15(21)10-24-17(23)11-6-7-12-13(9-11)19-14-5-4-8-20(14)16(12)22/h6-7,9H,4-5,8,10H2,1-3H3. The lowest BCUT2D eigenvalue weighted by Gasteiger charge is -2.19. The minimum Gasteiger partial charge on any atom is -0.457 e. The number of esters is 2. The van der Waals surface area contributed by atoms with Gasteiger partial charge in [0, 0.05) is 13.0 Å². The van der Waals surface area contributed by atoms with Crippen LogP contribution in [0, 0.1) is 0 Å². The number of fused-ring (bicyclic) bond motifs is 2. The van der Waals surface area contributed by atoms with Crippen molar-refractivity contribution in [3.8, 4) is 0 Å². The van der Waals surface area contributed by atoms with E-state index in [4.69, 9.17) is 9.47 Å². The molecule has 0 saturated heterocycles. The molecular weight excluding hydrogens is 324 g/mol. The first kappa shape index (κ1) is 17.1. The molecule has 0 radical (unpaired) electrons. The Morgan fingerprint density at radius 3 is 2.76 bits per heavy atom. The Morgan fingerprint density at radius 2 is 2.04 bits per heavy atom. The number of hydrogen-bond acceptors (Lipinski definition) is 6. The van der Waals surface area contributed by atoms with E-state index in [9.17, 15) is 14.4 Å². The Hall–Kier alpha value is -2.70. The highest BCUT2D eigenvalue weighted by molar-refractivity contribution is 5.94. The molecule has 132 valence electrons. The van der Waals surface area contributed by atoms with Gasteiger partial charge in [0.25, 0.3) is 5.56 Å². The zero-order valence-corrected chi connectivity index (χ0v) is 14.5. The minimum atomic E-state index is -0.657. The van der Waals surface area contributed by atoms with Crippen molar-refractivity contribution in [2.24, 2.45) is 0 Å².